The lowest BCUT2D eigenvalue weighted by Gasteiger charge is -2.20. The summed E-state index contributed by atoms with van der Waals surface area (Å²) >= 11 is 3.44. The Morgan fingerprint density at radius 3 is 2.62 bits per heavy atom. The highest BCUT2D eigenvalue weighted by Gasteiger charge is 2.07. The Balaban J connectivity index is 2.40. The minimum atomic E-state index is 0.148. The van der Waals surface area contributed by atoms with Crippen LogP contribution >= 0.6 is 15.9 Å². The average molecular weight is 286 g/mol. The summed E-state index contributed by atoms with van der Waals surface area (Å²) in [5, 5.41) is 3.39. The van der Waals surface area contributed by atoms with Crippen LogP contribution in [0.15, 0.2) is 22.7 Å². The van der Waals surface area contributed by atoms with E-state index >= 15 is 0 Å². The molecule has 16 heavy (non-hydrogen) atoms. The Kier molecular flexibility index (Phi) is 4.81. The molecule has 0 atom stereocenters. The van der Waals surface area contributed by atoms with Crippen molar-refractivity contribution in [3.8, 4) is 5.75 Å². The first-order chi connectivity index (χ1) is 7.38. The molecule has 0 amide bonds. The summed E-state index contributed by atoms with van der Waals surface area (Å²) in [4.78, 5) is 0. The largest absolute Gasteiger partial charge is 0.492 e. The second kappa shape index (κ2) is 5.69. The minimum Gasteiger partial charge on any atom is -0.492 e. The van der Waals surface area contributed by atoms with Gasteiger partial charge in [0.05, 0.1) is 0 Å². The number of rotatable bonds is 4. The maximum atomic E-state index is 5.72. The Hall–Kier alpha value is -0.540. The summed E-state index contributed by atoms with van der Waals surface area (Å²) in [5.41, 5.74) is 1.31. The van der Waals surface area contributed by atoms with Crippen LogP contribution in [0.5, 0.6) is 5.75 Å². The lowest BCUT2D eigenvalue weighted by atomic mass is 10.1. The molecule has 2 nitrogen and oxygen atoms in total. The van der Waals surface area contributed by atoms with Crippen molar-refractivity contribution in [2.45, 2.75) is 33.2 Å². The topological polar surface area (TPSA) is 21.3 Å². The number of nitrogens with one attached hydrogen (secondary N) is 1. The third kappa shape index (κ3) is 4.99. The molecule has 1 N–H and O–H groups in total. The highest BCUT2D eigenvalue weighted by Crippen LogP contribution is 2.22. The van der Waals surface area contributed by atoms with E-state index in [0.717, 1.165) is 16.8 Å². The third-order valence-electron chi connectivity index (χ3n) is 2.17. The SMILES string of the molecule is Cc1ccc(Br)cc1OCCNC(C)(C)C. The van der Waals surface area contributed by atoms with Crippen molar-refractivity contribution in [1.82, 2.24) is 5.32 Å². The second-order valence-electron chi connectivity index (χ2n) is 4.94. The van der Waals surface area contributed by atoms with Crippen molar-refractivity contribution in [2.24, 2.45) is 0 Å². The van der Waals surface area contributed by atoms with E-state index in [0.29, 0.717) is 6.61 Å². The molecule has 0 saturated carbocycles. The summed E-state index contributed by atoms with van der Waals surface area (Å²) in [5.74, 6) is 0.949. The van der Waals surface area contributed by atoms with E-state index in [-0.39, 0.29) is 5.54 Å². The molecule has 1 aromatic carbocycles. The second-order valence-corrected chi connectivity index (χ2v) is 5.85. The molecule has 0 radical (unpaired) electrons. The quantitative estimate of drug-likeness (QED) is 0.855. The van der Waals surface area contributed by atoms with Crippen LogP contribution in [0.25, 0.3) is 0 Å². The van der Waals surface area contributed by atoms with E-state index in [9.17, 15) is 0 Å². The number of ether oxygens (including phenoxy) is 1. The van der Waals surface area contributed by atoms with E-state index < -0.39 is 0 Å². The molecule has 90 valence electrons. The van der Waals surface area contributed by atoms with Crippen LogP contribution in [0.3, 0.4) is 0 Å². The molecule has 1 aromatic rings. The summed E-state index contributed by atoms with van der Waals surface area (Å²) in [6, 6.07) is 6.08. The molecule has 0 aliphatic rings. The molecule has 0 unspecified atom stereocenters. The van der Waals surface area contributed by atoms with Crippen molar-refractivity contribution in [3.63, 3.8) is 0 Å². The van der Waals surface area contributed by atoms with Crippen molar-refractivity contribution in [1.29, 1.82) is 0 Å². The van der Waals surface area contributed by atoms with Gasteiger partial charge >= 0.3 is 0 Å². The van der Waals surface area contributed by atoms with Gasteiger partial charge in [0.15, 0.2) is 0 Å². The van der Waals surface area contributed by atoms with Gasteiger partial charge in [0, 0.05) is 16.6 Å². The monoisotopic (exact) mass is 285 g/mol. The third-order valence-corrected chi connectivity index (χ3v) is 2.66. The minimum absolute atomic E-state index is 0.148. The predicted molar refractivity (Wildman–Crippen MR) is 72.1 cm³/mol. The molecule has 3 heteroatoms. The van der Waals surface area contributed by atoms with Gasteiger partial charge < -0.3 is 10.1 Å². The van der Waals surface area contributed by atoms with Gasteiger partial charge in [-0.15, -0.1) is 0 Å². The average Bonchev–Trinajstić information content (AvgIpc) is 2.16. The number of halogens is 1. The van der Waals surface area contributed by atoms with Gasteiger partial charge in [0.1, 0.15) is 12.4 Å². The first kappa shape index (κ1) is 13.5. The zero-order chi connectivity index (χ0) is 12.2. The van der Waals surface area contributed by atoms with Gasteiger partial charge in [-0.3, -0.25) is 0 Å². The van der Waals surface area contributed by atoms with Crippen LogP contribution in [0.2, 0.25) is 0 Å². The first-order valence-corrected chi connectivity index (χ1v) is 6.32. The molecular formula is C13H20BrNO. The number of hydrogen-bond donors (Lipinski definition) is 1. The van der Waals surface area contributed by atoms with Gasteiger partial charge in [-0.1, -0.05) is 22.0 Å². The summed E-state index contributed by atoms with van der Waals surface area (Å²) in [7, 11) is 0. The lowest BCUT2D eigenvalue weighted by molar-refractivity contribution is 0.289. The van der Waals surface area contributed by atoms with Crippen LogP contribution < -0.4 is 10.1 Å². The van der Waals surface area contributed by atoms with Gasteiger partial charge in [-0.2, -0.15) is 0 Å². The zero-order valence-electron chi connectivity index (χ0n) is 10.4. The lowest BCUT2D eigenvalue weighted by Crippen LogP contribution is -2.38. The van der Waals surface area contributed by atoms with E-state index in [2.05, 4.69) is 55.0 Å². The molecule has 0 spiro atoms. The molecule has 0 aliphatic heterocycles. The fourth-order valence-electron chi connectivity index (χ4n) is 1.32. The van der Waals surface area contributed by atoms with Crippen LogP contribution in [0.4, 0.5) is 0 Å². The first-order valence-electron chi connectivity index (χ1n) is 5.52. The van der Waals surface area contributed by atoms with Crippen LogP contribution in [-0.4, -0.2) is 18.7 Å². The Bertz CT molecular complexity index is 344. The number of hydrogen-bond acceptors (Lipinski definition) is 2. The molecule has 1 rings (SSSR count). The van der Waals surface area contributed by atoms with Crippen molar-refractivity contribution >= 4 is 15.9 Å². The number of benzene rings is 1. The highest BCUT2D eigenvalue weighted by atomic mass is 79.9. The van der Waals surface area contributed by atoms with Gasteiger partial charge in [-0.25, -0.2) is 0 Å². The summed E-state index contributed by atoms with van der Waals surface area (Å²) in [6.07, 6.45) is 0. The fraction of sp³-hybridized carbons (Fsp3) is 0.538. The predicted octanol–water partition coefficient (Wildman–Crippen LogP) is 3.52. The van der Waals surface area contributed by atoms with E-state index in [4.69, 9.17) is 4.74 Å². The van der Waals surface area contributed by atoms with Crippen molar-refractivity contribution in [3.05, 3.63) is 28.2 Å². The Labute approximate surface area is 107 Å². The summed E-state index contributed by atoms with van der Waals surface area (Å²) < 4.78 is 6.77. The van der Waals surface area contributed by atoms with Gasteiger partial charge in [0.25, 0.3) is 0 Å². The van der Waals surface area contributed by atoms with E-state index in [1.807, 2.05) is 12.1 Å². The van der Waals surface area contributed by atoms with Crippen molar-refractivity contribution < 1.29 is 4.74 Å². The maximum Gasteiger partial charge on any atom is 0.123 e. The number of aryl methyl sites for hydroxylation is 1. The smallest absolute Gasteiger partial charge is 0.123 e. The zero-order valence-corrected chi connectivity index (χ0v) is 12.0. The van der Waals surface area contributed by atoms with E-state index in [1.165, 1.54) is 5.56 Å². The van der Waals surface area contributed by atoms with Gasteiger partial charge in [-0.05, 0) is 45.4 Å². The molecule has 0 fully saturated rings. The standard InChI is InChI=1S/C13H20BrNO/c1-10-5-6-11(14)9-12(10)16-8-7-15-13(2,3)4/h5-6,9,15H,7-8H2,1-4H3. The fourth-order valence-corrected chi connectivity index (χ4v) is 1.66. The highest BCUT2D eigenvalue weighted by molar-refractivity contribution is 9.10. The molecular weight excluding hydrogens is 266 g/mol. The van der Waals surface area contributed by atoms with Gasteiger partial charge in [0.2, 0.25) is 0 Å². The summed E-state index contributed by atoms with van der Waals surface area (Å²) in [6.45, 7) is 10.1. The van der Waals surface area contributed by atoms with E-state index in [1.54, 1.807) is 0 Å². The van der Waals surface area contributed by atoms with Crippen molar-refractivity contribution in [2.75, 3.05) is 13.2 Å². The Morgan fingerprint density at radius 1 is 1.31 bits per heavy atom. The molecule has 0 bridgehead atoms. The molecule has 0 aliphatic carbocycles. The molecule has 0 saturated heterocycles. The van der Waals surface area contributed by atoms with Crippen LogP contribution in [0.1, 0.15) is 26.3 Å². The molecule has 0 aromatic heterocycles. The maximum absolute atomic E-state index is 5.72. The Morgan fingerprint density at radius 2 is 2.00 bits per heavy atom. The normalized spacial score (nSPS) is 11.6. The van der Waals surface area contributed by atoms with Crippen LogP contribution in [-0.2, 0) is 0 Å². The molecule has 0 heterocycles. The van der Waals surface area contributed by atoms with Crippen LogP contribution in [0, 0.1) is 6.92 Å².